The van der Waals surface area contributed by atoms with Gasteiger partial charge in [-0.2, -0.15) is 4.31 Å². The minimum absolute atomic E-state index is 0.104. The van der Waals surface area contributed by atoms with Crippen LogP contribution in [-0.4, -0.2) is 43.6 Å². The largest absolute Gasteiger partial charge is 0.392 e. The van der Waals surface area contributed by atoms with Gasteiger partial charge in [0.25, 0.3) is 0 Å². The zero-order chi connectivity index (χ0) is 16.8. The minimum Gasteiger partial charge on any atom is -0.392 e. The van der Waals surface area contributed by atoms with Gasteiger partial charge >= 0.3 is 0 Å². The zero-order valence-electron chi connectivity index (χ0n) is 13.0. The van der Waals surface area contributed by atoms with Crippen LogP contribution in [0.2, 0.25) is 0 Å². The molecule has 122 valence electrons. The molecule has 0 saturated carbocycles. The van der Waals surface area contributed by atoms with E-state index in [4.69, 9.17) is 5.53 Å². The number of sulfonamides is 1. The molecular formula is C14H22N4O3S. The molecule has 0 aliphatic rings. The lowest BCUT2D eigenvalue weighted by Crippen LogP contribution is -2.40. The molecule has 0 aliphatic carbocycles. The summed E-state index contributed by atoms with van der Waals surface area (Å²) in [6.07, 6.45) is -1.03. The minimum atomic E-state index is -3.69. The number of aliphatic hydroxyl groups excluding tert-OH is 1. The van der Waals surface area contributed by atoms with Crippen molar-refractivity contribution in [2.45, 2.75) is 31.8 Å². The van der Waals surface area contributed by atoms with Crippen molar-refractivity contribution in [1.29, 1.82) is 0 Å². The monoisotopic (exact) mass is 326 g/mol. The molecule has 1 N–H and O–H groups in total. The lowest BCUT2D eigenvalue weighted by atomic mass is 10.2. The number of rotatable bonds is 8. The van der Waals surface area contributed by atoms with E-state index in [9.17, 15) is 13.5 Å². The van der Waals surface area contributed by atoms with Crippen molar-refractivity contribution in [3.05, 3.63) is 40.3 Å². The van der Waals surface area contributed by atoms with Crippen LogP contribution in [0, 0.1) is 12.8 Å². The number of nitrogens with zero attached hydrogens (tertiary/aromatic N) is 4. The second kappa shape index (κ2) is 8.14. The Balaban J connectivity index is 3.03. The summed E-state index contributed by atoms with van der Waals surface area (Å²) in [5.74, 6) is 0.104. The average Bonchev–Trinajstić information content (AvgIpc) is 2.44. The molecule has 1 aromatic rings. The summed E-state index contributed by atoms with van der Waals surface area (Å²) in [6.45, 7) is 5.70. The first-order chi connectivity index (χ1) is 10.3. The molecule has 0 spiro atoms. The van der Waals surface area contributed by atoms with Gasteiger partial charge in [-0.3, -0.25) is 0 Å². The Morgan fingerprint density at radius 2 is 1.86 bits per heavy atom. The Kier molecular flexibility index (Phi) is 6.83. The lowest BCUT2D eigenvalue weighted by Gasteiger charge is -2.25. The first-order valence-electron chi connectivity index (χ1n) is 7.03. The molecule has 0 radical (unpaired) electrons. The van der Waals surface area contributed by atoms with Crippen LogP contribution < -0.4 is 0 Å². The van der Waals surface area contributed by atoms with Gasteiger partial charge in [-0.1, -0.05) is 36.7 Å². The standard InChI is InChI=1S/C14H22N4O3S/c1-11(2)9-18(10-13(19)8-16-17-15)22(20,21)14-6-4-12(3)5-7-14/h4-7,11,13,19H,8-10H2,1-3H3. The van der Waals surface area contributed by atoms with Gasteiger partial charge in [0.2, 0.25) is 10.0 Å². The van der Waals surface area contributed by atoms with Crippen LogP contribution in [0.25, 0.3) is 10.4 Å². The van der Waals surface area contributed by atoms with Crippen molar-refractivity contribution in [2.24, 2.45) is 11.0 Å². The molecule has 1 aromatic carbocycles. The van der Waals surface area contributed by atoms with E-state index in [1.165, 1.54) is 4.31 Å². The van der Waals surface area contributed by atoms with Gasteiger partial charge in [-0.25, -0.2) is 8.42 Å². The third-order valence-electron chi connectivity index (χ3n) is 3.00. The number of aliphatic hydroxyl groups is 1. The number of hydrogen-bond acceptors (Lipinski definition) is 4. The van der Waals surface area contributed by atoms with Crippen LogP contribution in [0.5, 0.6) is 0 Å². The Labute approximate surface area is 131 Å². The molecule has 1 rings (SSSR count). The first-order valence-corrected chi connectivity index (χ1v) is 8.47. The summed E-state index contributed by atoms with van der Waals surface area (Å²) in [7, 11) is -3.69. The SMILES string of the molecule is Cc1ccc(S(=O)(=O)N(CC(C)C)CC(O)CN=[N+]=[N-])cc1. The van der Waals surface area contributed by atoms with Crippen LogP contribution in [0.4, 0.5) is 0 Å². The predicted molar refractivity (Wildman–Crippen MR) is 84.8 cm³/mol. The molecule has 0 fully saturated rings. The molecule has 0 aromatic heterocycles. The van der Waals surface area contributed by atoms with Crippen LogP contribution in [-0.2, 0) is 10.0 Å². The van der Waals surface area contributed by atoms with Crippen LogP contribution in [0.15, 0.2) is 34.3 Å². The van der Waals surface area contributed by atoms with E-state index < -0.39 is 16.1 Å². The van der Waals surface area contributed by atoms with Crippen molar-refractivity contribution >= 4 is 10.0 Å². The maximum Gasteiger partial charge on any atom is 0.243 e. The molecule has 8 heteroatoms. The number of benzene rings is 1. The fourth-order valence-corrected chi connectivity index (χ4v) is 3.60. The fourth-order valence-electron chi connectivity index (χ4n) is 1.96. The summed E-state index contributed by atoms with van der Waals surface area (Å²) in [6, 6.07) is 6.57. The Morgan fingerprint density at radius 1 is 1.27 bits per heavy atom. The smallest absolute Gasteiger partial charge is 0.243 e. The Hall–Kier alpha value is -1.60. The van der Waals surface area contributed by atoms with E-state index in [0.29, 0.717) is 0 Å². The summed E-state index contributed by atoms with van der Waals surface area (Å²) in [4.78, 5) is 2.76. The van der Waals surface area contributed by atoms with Crippen LogP contribution in [0.3, 0.4) is 0 Å². The highest BCUT2D eigenvalue weighted by Gasteiger charge is 2.27. The Morgan fingerprint density at radius 3 is 2.36 bits per heavy atom. The van der Waals surface area contributed by atoms with Gasteiger partial charge in [0, 0.05) is 18.0 Å². The van der Waals surface area contributed by atoms with E-state index in [0.717, 1.165) is 5.56 Å². The molecule has 0 amide bonds. The second-order valence-electron chi connectivity index (χ2n) is 5.60. The van der Waals surface area contributed by atoms with Crippen molar-refractivity contribution in [1.82, 2.24) is 4.31 Å². The molecule has 1 unspecified atom stereocenters. The fraction of sp³-hybridized carbons (Fsp3) is 0.571. The van der Waals surface area contributed by atoms with E-state index in [-0.39, 0.29) is 30.4 Å². The zero-order valence-corrected chi connectivity index (χ0v) is 13.9. The van der Waals surface area contributed by atoms with E-state index in [1.807, 2.05) is 20.8 Å². The molecular weight excluding hydrogens is 304 g/mol. The second-order valence-corrected chi connectivity index (χ2v) is 7.53. The highest BCUT2D eigenvalue weighted by atomic mass is 32.2. The predicted octanol–water partition coefficient (Wildman–Crippen LogP) is 2.31. The number of hydrogen-bond donors (Lipinski definition) is 1. The van der Waals surface area contributed by atoms with Crippen molar-refractivity contribution < 1.29 is 13.5 Å². The maximum atomic E-state index is 12.7. The highest BCUT2D eigenvalue weighted by molar-refractivity contribution is 7.89. The average molecular weight is 326 g/mol. The Bertz CT molecular complexity index is 622. The van der Waals surface area contributed by atoms with Crippen molar-refractivity contribution in [3.8, 4) is 0 Å². The molecule has 0 aliphatic heterocycles. The lowest BCUT2D eigenvalue weighted by molar-refractivity contribution is 0.149. The molecule has 22 heavy (non-hydrogen) atoms. The molecule has 0 heterocycles. The third-order valence-corrected chi connectivity index (χ3v) is 4.84. The van der Waals surface area contributed by atoms with Gasteiger partial charge in [0.1, 0.15) is 0 Å². The quantitative estimate of drug-likeness (QED) is 0.450. The van der Waals surface area contributed by atoms with Crippen molar-refractivity contribution in [2.75, 3.05) is 19.6 Å². The van der Waals surface area contributed by atoms with E-state index in [1.54, 1.807) is 24.3 Å². The van der Waals surface area contributed by atoms with Crippen LogP contribution in [0.1, 0.15) is 19.4 Å². The molecule has 0 saturated heterocycles. The van der Waals surface area contributed by atoms with Gasteiger partial charge in [0.15, 0.2) is 0 Å². The van der Waals surface area contributed by atoms with Crippen molar-refractivity contribution in [3.63, 3.8) is 0 Å². The van der Waals surface area contributed by atoms with E-state index in [2.05, 4.69) is 10.0 Å². The molecule has 1 atom stereocenters. The van der Waals surface area contributed by atoms with E-state index >= 15 is 0 Å². The summed E-state index contributed by atoms with van der Waals surface area (Å²) < 4.78 is 26.6. The van der Waals surface area contributed by atoms with Gasteiger partial charge in [0.05, 0.1) is 17.5 Å². The van der Waals surface area contributed by atoms with Gasteiger partial charge in [-0.05, 0) is 30.5 Å². The first kappa shape index (κ1) is 18.4. The molecule has 7 nitrogen and oxygen atoms in total. The summed E-state index contributed by atoms with van der Waals surface area (Å²) in [5.41, 5.74) is 9.24. The van der Waals surface area contributed by atoms with Crippen LogP contribution >= 0.6 is 0 Å². The summed E-state index contributed by atoms with van der Waals surface area (Å²) in [5, 5.41) is 13.1. The number of aryl methyl sites for hydroxylation is 1. The van der Waals surface area contributed by atoms with Gasteiger partial charge in [-0.15, -0.1) is 0 Å². The normalized spacial score (nSPS) is 13.2. The third kappa shape index (κ3) is 5.31. The highest BCUT2D eigenvalue weighted by Crippen LogP contribution is 2.18. The maximum absolute atomic E-state index is 12.7. The van der Waals surface area contributed by atoms with Gasteiger partial charge < -0.3 is 5.11 Å². The topological polar surface area (TPSA) is 106 Å². The number of azide groups is 1. The molecule has 0 bridgehead atoms. The summed E-state index contributed by atoms with van der Waals surface area (Å²) >= 11 is 0.